The SMILES string of the molecule is CCOc1ccccc1N1C(=O)NC(=O)[C@@H](C=NCC[NH+]2CCCCC2)C1=O. The lowest BCUT2D eigenvalue weighted by molar-refractivity contribution is -0.903. The lowest BCUT2D eigenvalue weighted by atomic mass is 10.1. The minimum atomic E-state index is -1.12. The molecule has 0 spiro atoms. The predicted molar refractivity (Wildman–Crippen MR) is 105 cm³/mol. The van der Waals surface area contributed by atoms with E-state index in [0.29, 0.717) is 24.6 Å². The Balaban J connectivity index is 1.70. The molecule has 2 heterocycles. The number of hydrogen-bond donors (Lipinski definition) is 2. The largest absolute Gasteiger partial charge is 0.492 e. The summed E-state index contributed by atoms with van der Waals surface area (Å²) in [6, 6.07) is 5.99. The number of barbiturate groups is 1. The Hall–Kier alpha value is -2.74. The second kappa shape index (κ2) is 9.45. The molecule has 0 bridgehead atoms. The summed E-state index contributed by atoms with van der Waals surface area (Å²) in [5, 5.41) is 2.24. The highest BCUT2D eigenvalue weighted by Crippen LogP contribution is 2.30. The van der Waals surface area contributed by atoms with Crippen LogP contribution in [0.5, 0.6) is 5.75 Å². The summed E-state index contributed by atoms with van der Waals surface area (Å²) in [7, 11) is 0. The van der Waals surface area contributed by atoms with E-state index in [1.165, 1.54) is 30.4 Å². The second-order valence-corrected chi connectivity index (χ2v) is 6.96. The molecule has 0 radical (unpaired) electrons. The lowest BCUT2D eigenvalue weighted by Gasteiger charge is -2.29. The zero-order chi connectivity index (χ0) is 19.9. The van der Waals surface area contributed by atoms with Crippen molar-refractivity contribution in [2.45, 2.75) is 26.2 Å². The first-order valence-corrected chi connectivity index (χ1v) is 9.86. The number of carbonyl (C=O) groups is 3. The molecule has 1 atom stereocenters. The zero-order valence-electron chi connectivity index (χ0n) is 16.1. The van der Waals surface area contributed by atoms with Crippen molar-refractivity contribution in [3.8, 4) is 5.75 Å². The molecule has 8 heteroatoms. The highest BCUT2D eigenvalue weighted by Gasteiger charge is 2.41. The molecule has 2 N–H and O–H groups in total. The van der Waals surface area contributed by atoms with Gasteiger partial charge in [-0.25, -0.2) is 9.69 Å². The van der Waals surface area contributed by atoms with Gasteiger partial charge in [-0.05, 0) is 38.3 Å². The Morgan fingerprint density at radius 2 is 1.96 bits per heavy atom. The number of urea groups is 1. The molecule has 0 aliphatic carbocycles. The van der Waals surface area contributed by atoms with E-state index < -0.39 is 23.8 Å². The fourth-order valence-electron chi connectivity index (χ4n) is 3.57. The predicted octanol–water partition coefficient (Wildman–Crippen LogP) is 0.424. The van der Waals surface area contributed by atoms with Gasteiger partial charge in [0.15, 0.2) is 5.92 Å². The minimum Gasteiger partial charge on any atom is -0.492 e. The molecule has 28 heavy (non-hydrogen) atoms. The molecule has 2 aliphatic heterocycles. The molecular formula is C20H27N4O4+. The number of amides is 4. The van der Waals surface area contributed by atoms with Crippen LogP contribution in [0.1, 0.15) is 26.2 Å². The lowest BCUT2D eigenvalue weighted by Crippen LogP contribution is -3.13. The maximum atomic E-state index is 12.9. The van der Waals surface area contributed by atoms with Crippen LogP contribution in [0.3, 0.4) is 0 Å². The summed E-state index contributed by atoms with van der Waals surface area (Å²) in [5.74, 6) is -1.97. The van der Waals surface area contributed by atoms with E-state index in [9.17, 15) is 14.4 Å². The summed E-state index contributed by atoms with van der Waals surface area (Å²) in [6.45, 7) is 5.94. The van der Waals surface area contributed by atoms with Crippen LogP contribution >= 0.6 is 0 Å². The summed E-state index contributed by atoms with van der Waals surface area (Å²) in [5.41, 5.74) is 0.315. The van der Waals surface area contributed by atoms with Gasteiger partial charge in [0.1, 0.15) is 5.75 Å². The third-order valence-electron chi connectivity index (χ3n) is 5.02. The number of ether oxygens (including phenoxy) is 1. The topological polar surface area (TPSA) is 92.5 Å². The van der Waals surface area contributed by atoms with Crippen molar-refractivity contribution in [1.82, 2.24) is 5.32 Å². The molecule has 2 fully saturated rings. The van der Waals surface area contributed by atoms with Crippen LogP contribution in [-0.2, 0) is 9.59 Å². The van der Waals surface area contributed by atoms with E-state index in [4.69, 9.17) is 4.74 Å². The number of imide groups is 2. The number of para-hydroxylation sites is 2. The van der Waals surface area contributed by atoms with Gasteiger partial charge >= 0.3 is 6.03 Å². The number of rotatable bonds is 7. The van der Waals surface area contributed by atoms with Gasteiger partial charge in [-0.15, -0.1) is 0 Å². The van der Waals surface area contributed by atoms with Crippen molar-refractivity contribution in [3.63, 3.8) is 0 Å². The van der Waals surface area contributed by atoms with E-state index in [1.54, 1.807) is 24.3 Å². The Labute approximate surface area is 164 Å². The first-order chi connectivity index (χ1) is 13.6. The van der Waals surface area contributed by atoms with E-state index in [-0.39, 0.29) is 0 Å². The van der Waals surface area contributed by atoms with Crippen molar-refractivity contribution < 1.29 is 24.0 Å². The normalized spacial score (nSPS) is 21.2. The average molecular weight is 387 g/mol. The van der Waals surface area contributed by atoms with Crippen molar-refractivity contribution >= 4 is 29.7 Å². The molecular weight excluding hydrogens is 360 g/mol. The van der Waals surface area contributed by atoms with E-state index >= 15 is 0 Å². The molecule has 2 saturated heterocycles. The average Bonchev–Trinajstić information content (AvgIpc) is 2.69. The maximum Gasteiger partial charge on any atom is 0.335 e. The Kier molecular flexibility index (Phi) is 6.76. The number of benzene rings is 1. The highest BCUT2D eigenvalue weighted by molar-refractivity contribution is 6.32. The molecule has 4 amide bonds. The standard InChI is InChI=1S/C20H26N4O4/c1-2-28-17-9-5-4-8-16(17)24-19(26)15(18(25)22-20(24)27)14-21-10-13-23-11-6-3-7-12-23/h4-5,8-9,14-15H,2-3,6-7,10-13H2,1H3,(H,22,25,27)/p+1/t15-/m1/s1. The molecule has 0 saturated carbocycles. The number of nitrogens with zero attached hydrogens (tertiary/aromatic N) is 2. The first-order valence-electron chi connectivity index (χ1n) is 9.86. The van der Waals surface area contributed by atoms with Crippen LogP contribution in [0.15, 0.2) is 29.3 Å². The van der Waals surface area contributed by atoms with E-state index in [1.807, 2.05) is 6.92 Å². The fraction of sp³-hybridized carbons (Fsp3) is 0.500. The second-order valence-electron chi connectivity index (χ2n) is 6.96. The molecule has 1 aromatic rings. The Morgan fingerprint density at radius 3 is 2.71 bits per heavy atom. The van der Waals surface area contributed by atoms with Crippen LogP contribution in [0.25, 0.3) is 0 Å². The molecule has 2 aliphatic rings. The van der Waals surface area contributed by atoms with Crippen molar-refractivity contribution in [2.24, 2.45) is 10.9 Å². The van der Waals surface area contributed by atoms with Crippen LogP contribution < -0.4 is 19.9 Å². The molecule has 0 aromatic heterocycles. The number of quaternary nitrogens is 1. The van der Waals surface area contributed by atoms with Crippen LogP contribution in [-0.4, -0.2) is 56.8 Å². The van der Waals surface area contributed by atoms with Crippen molar-refractivity contribution in [2.75, 3.05) is 37.7 Å². The van der Waals surface area contributed by atoms with Crippen molar-refractivity contribution in [1.29, 1.82) is 0 Å². The molecule has 0 unspecified atom stereocenters. The van der Waals surface area contributed by atoms with Gasteiger partial charge in [0.05, 0.1) is 38.5 Å². The third-order valence-corrected chi connectivity index (χ3v) is 5.02. The van der Waals surface area contributed by atoms with Crippen LogP contribution in [0.2, 0.25) is 0 Å². The molecule has 1 aromatic carbocycles. The van der Waals surface area contributed by atoms with Gasteiger partial charge in [0.2, 0.25) is 5.91 Å². The summed E-state index contributed by atoms with van der Waals surface area (Å²) < 4.78 is 5.52. The monoisotopic (exact) mass is 387 g/mol. The van der Waals surface area contributed by atoms with E-state index in [2.05, 4.69) is 10.3 Å². The number of aliphatic imine (C=N–C) groups is 1. The summed E-state index contributed by atoms with van der Waals surface area (Å²) >= 11 is 0. The molecule has 150 valence electrons. The maximum absolute atomic E-state index is 12.9. The number of carbonyl (C=O) groups excluding carboxylic acids is 3. The number of piperidine rings is 1. The Bertz CT molecular complexity index is 758. The van der Waals surface area contributed by atoms with Gasteiger partial charge in [-0.2, -0.15) is 0 Å². The van der Waals surface area contributed by atoms with Gasteiger partial charge in [0.25, 0.3) is 5.91 Å². The summed E-state index contributed by atoms with van der Waals surface area (Å²) in [4.78, 5) is 44.2. The van der Waals surface area contributed by atoms with Crippen molar-refractivity contribution in [3.05, 3.63) is 24.3 Å². The minimum absolute atomic E-state index is 0.315. The van der Waals surface area contributed by atoms with Crippen LogP contribution in [0.4, 0.5) is 10.5 Å². The molecule has 3 rings (SSSR count). The number of anilines is 1. The quantitative estimate of drug-likeness (QED) is 0.524. The highest BCUT2D eigenvalue weighted by atomic mass is 16.5. The van der Waals surface area contributed by atoms with Gasteiger partial charge in [0, 0.05) is 6.21 Å². The summed E-state index contributed by atoms with van der Waals surface area (Å²) in [6.07, 6.45) is 5.12. The fourth-order valence-corrected chi connectivity index (χ4v) is 3.57. The van der Waals surface area contributed by atoms with Gasteiger partial charge in [-0.3, -0.25) is 19.9 Å². The van der Waals surface area contributed by atoms with Gasteiger partial charge in [-0.1, -0.05) is 12.1 Å². The zero-order valence-corrected chi connectivity index (χ0v) is 16.1. The van der Waals surface area contributed by atoms with Crippen LogP contribution in [0, 0.1) is 5.92 Å². The smallest absolute Gasteiger partial charge is 0.335 e. The number of hydrogen-bond acceptors (Lipinski definition) is 5. The Morgan fingerprint density at radius 1 is 1.21 bits per heavy atom. The third kappa shape index (κ3) is 4.56. The van der Waals surface area contributed by atoms with E-state index in [0.717, 1.165) is 24.5 Å². The van der Waals surface area contributed by atoms with Gasteiger partial charge < -0.3 is 9.64 Å². The number of nitrogens with one attached hydrogen (secondary N) is 2. The number of likely N-dealkylation sites (tertiary alicyclic amines) is 1. The first kappa shape index (κ1) is 20.0. The molecule has 8 nitrogen and oxygen atoms in total.